The van der Waals surface area contributed by atoms with Crippen LogP contribution in [-0.2, 0) is 0 Å². The van der Waals surface area contributed by atoms with E-state index < -0.39 is 0 Å². The summed E-state index contributed by atoms with van der Waals surface area (Å²) in [6.07, 6.45) is 3.48. The molecule has 4 heteroatoms. The quantitative estimate of drug-likeness (QED) is 0.652. The van der Waals surface area contributed by atoms with Gasteiger partial charge < -0.3 is 5.73 Å². The Labute approximate surface area is 71.5 Å². The predicted octanol–water partition coefficient (Wildman–Crippen LogP) is 1.09. The monoisotopic (exact) mass is 169 g/mol. The van der Waals surface area contributed by atoms with Crippen molar-refractivity contribution in [2.75, 3.05) is 11.5 Å². The van der Waals surface area contributed by atoms with Crippen LogP contribution in [0, 0.1) is 0 Å². The molecule has 0 saturated carbocycles. The maximum absolute atomic E-state index is 5.33. The summed E-state index contributed by atoms with van der Waals surface area (Å²) in [6.45, 7) is 2.07. The lowest BCUT2D eigenvalue weighted by atomic mass is 10.1. The van der Waals surface area contributed by atoms with Crippen molar-refractivity contribution < 1.29 is 0 Å². The molecule has 2 N–H and O–H groups in total. The smallest absolute Gasteiger partial charge is 0.219 e. The molecule has 0 aliphatic heterocycles. The minimum Gasteiger partial charge on any atom is -0.368 e. The van der Waals surface area contributed by atoms with Crippen molar-refractivity contribution in [3.63, 3.8) is 0 Å². The van der Waals surface area contributed by atoms with Gasteiger partial charge in [-0.05, 0) is 17.2 Å². The largest absolute Gasteiger partial charge is 0.368 e. The average Bonchev–Trinajstić information content (AvgIpc) is 2.05. The Bertz CT molecular complexity index is 222. The second-order valence-corrected chi connectivity index (χ2v) is 2.82. The van der Waals surface area contributed by atoms with Crippen molar-refractivity contribution in [3.8, 4) is 0 Å². The minimum atomic E-state index is 0.320. The van der Waals surface area contributed by atoms with Gasteiger partial charge in [-0.1, -0.05) is 6.92 Å². The first kappa shape index (κ1) is 8.33. The molecule has 1 atom stereocenters. The molecule has 0 aliphatic rings. The summed E-state index contributed by atoms with van der Waals surface area (Å²) in [5, 5.41) is 0. The van der Waals surface area contributed by atoms with E-state index in [9.17, 15) is 0 Å². The second kappa shape index (κ2) is 3.57. The van der Waals surface area contributed by atoms with E-state index in [1.165, 1.54) is 0 Å². The predicted molar refractivity (Wildman–Crippen MR) is 48.7 cm³/mol. The molecule has 1 unspecified atom stereocenters. The van der Waals surface area contributed by atoms with Gasteiger partial charge in [-0.2, -0.15) is 12.6 Å². The number of nitrogens with zero attached hydrogens (tertiary/aromatic N) is 2. The standard InChI is InChI=1S/C7H11N3S/c1-5(4-11)6-2-9-7(8)10-3-6/h2-3,5,11H,4H2,1H3,(H2,8,9,10). The number of thiol groups is 1. The van der Waals surface area contributed by atoms with E-state index in [0.717, 1.165) is 11.3 Å². The molecule has 1 heterocycles. The molecule has 0 aliphatic carbocycles. The van der Waals surface area contributed by atoms with E-state index in [2.05, 4.69) is 29.5 Å². The normalized spacial score (nSPS) is 12.9. The third kappa shape index (κ3) is 2.08. The molecular weight excluding hydrogens is 158 g/mol. The molecule has 1 aromatic heterocycles. The van der Waals surface area contributed by atoms with Crippen molar-refractivity contribution in [1.82, 2.24) is 9.97 Å². The van der Waals surface area contributed by atoms with Crippen molar-refractivity contribution in [2.45, 2.75) is 12.8 Å². The SMILES string of the molecule is CC(CS)c1cnc(N)nc1. The summed E-state index contributed by atoms with van der Waals surface area (Å²) in [7, 11) is 0. The Morgan fingerprint density at radius 3 is 2.55 bits per heavy atom. The number of aromatic nitrogens is 2. The Morgan fingerprint density at radius 1 is 1.55 bits per heavy atom. The van der Waals surface area contributed by atoms with Gasteiger partial charge in [-0.25, -0.2) is 9.97 Å². The van der Waals surface area contributed by atoms with E-state index in [0.29, 0.717) is 11.9 Å². The van der Waals surface area contributed by atoms with Gasteiger partial charge in [0.1, 0.15) is 0 Å². The van der Waals surface area contributed by atoms with Gasteiger partial charge in [0.25, 0.3) is 0 Å². The maximum Gasteiger partial charge on any atom is 0.219 e. The van der Waals surface area contributed by atoms with Crippen molar-refractivity contribution in [3.05, 3.63) is 18.0 Å². The summed E-state index contributed by atoms with van der Waals surface area (Å²) in [6, 6.07) is 0. The average molecular weight is 169 g/mol. The lowest BCUT2D eigenvalue weighted by Gasteiger charge is -2.05. The van der Waals surface area contributed by atoms with Crippen LogP contribution in [0.3, 0.4) is 0 Å². The number of rotatable bonds is 2. The molecule has 0 radical (unpaired) electrons. The molecule has 0 amide bonds. The van der Waals surface area contributed by atoms with Gasteiger partial charge in [0, 0.05) is 12.4 Å². The Balaban J connectivity index is 2.81. The van der Waals surface area contributed by atoms with Gasteiger partial charge in [0.15, 0.2) is 0 Å². The molecule has 60 valence electrons. The third-order valence-corrected chi connectivity index (χ3v) is 2.08. The Hall–Kier alpha value is -0.770. The van der Waals surface area contributed by atoms with Crippen molar-refractivity contribution in [2.24, 2.45) is 0 Å². The van der Waals surface area contributed by atoms with Gasteiger partial charge >= 0.3 is 0 Å². The van der Waals surface area contributed by atoms with Crippen molar-refractivity contribution >= 4 is 18.6 Å². The van der Waals surface area contributed by atoms with E-state index in [1.807, 2.05) is 0 Å². The number of hydrogen-bond donors (Lipinski definition) is 2. The zero-order chi connectivity index (χ0) is 8.27. The summed E-state index contributed by atoms with van der Waals surface area (Å²) in [5.41, 5.74) is 6.40. The van der Waals surface area contributed by atoms with Gasteiger partial charge in [-0.3, -0.25) is 0 Å². The van der Waals surface area contributed by atoms with Gasteiger partial charge in [0.05, 0.1) is 0 Å². The number of nitrogens with two attached hydrogens (primary N) is 1. The fraction of sp³-hybridized carbons (Fsp3) is 0.429. The van der Waals surface area contributed by atoms with Crippen LogP contribution < -0.4 is 5.73 Å². The molecule has 0 spiro atoms. The molecule has 0 fully saturated rings. The Kier molecular flexibility index (Phi) is 2.70. The fourth-order valence-electron chi connectivity index (χ4n) is 0.708. The van der Waals surface area contributed by atoms with Crippen LogP contribution in [-0.4, -0.2) is 15.7 Å². The topological polar surface area (TPSA) is 51.8 Å². The lowest BCUT2D eigenvalue weighted by molar-refractivity contribution is 0.863. The van der Waals surface area contributed by atoms with E-state index in [4.69, 9.17) is 5.73 Å². The third-order valence-electron chi connectivity index (χ3n) is 1.53. The first-order chi connectivity index (χ1) is 5.24. The highest BCUT2D eigenvalue weighted by molar-refractivity contribution is 7.80. The molecule has 3 nitrogen and oxygen atoms in total. The fourth-order valence-corrected chi connectivity index (χ4v) is 0.919. The van der Waals surface area contributed by atoms with Gasteiger partial charge in [-0.15, -0.1) is 0 Å². The highest BCUT2D eigenvalue weighted by Crippen LogP contribution is 2.13. The summed E-state index contributed by atoms with van der Waals surface area (Å²) in [4.78, 5) is 7.76. The number of anilines is 1. The number of nitrogen functional groups attached to an aromatic ring is 1. The first-order valence-electron chi connectivity index (χ1n) is 3.42. The first-order valence-corrected chi connectivity index (χ1v) is 4.05. The molecule has 1 aromatic rings. The molecule has 11 heavy (non-hydrogen) atoms. The van der Waals surface area contributed by atoms with Crippen LogP contribution in [0.1, 0.15) is 18.4 Å². The Morgan fingerprint density at radius 2 is 2.09 bits per heavy atom. The summed E-state index contributed by atoms with van der Waals surface area (Å²) in [5.74, 6) is 1.51. The highest BCUT2D eigenvalue weighted by Gasteiger charge is 2.02. The molecule has 0 saturated heterocycles. The zero-order valence-electron chi connectivity index (χ0n) is 6.36. The van der Waals surface area contributed by atoms with Crippen LogP contribution in [0.25, 0.3) is 0 Å². The molecule has 0 aromatic carbocycles. The highest BCUT2D eigenvalue weighted by atomic mass is 32.1. The van der Waals surface area contributed by atoms with E-state index in [-0.39, 0.29) is 0 Å². The van der Waals surface area contributed by atoms with Crippen LogP contribution >= 0.6 is 12.6 Å². The molecular formula is C7H11N3S. The molecule has 0 bridgehead atoms. The van der Waals surface area contributed by atoms with E-state index in [1.54, 1.807) is 12.4 Å². The van der Waals surface area contributed by atoms with Crippen LogP contribution in [0.4, 0.5) is 5.95 Å². The van der Waals surface area contributed by atoms with Crippen molar-refractivity contribution in [1.29, 1.82) is 0 Å². The summed E-state index contributed by atoms with van der Waals surface area (Å²) >= 11 is 4.17. The van der Waals surface area contributed by atoms with Crippen LogP contribution in [0.2, 0.25) is 0 Å². The lowest BCUT2D eigenvalue weighted by Crippen LogP contribution is -1.99. The molecule has 1 rings (SSSR count). The zero-order valence-corrected chi connectivity index (χ0v) is 7.25. The van der Waals surface area contributed by atoms with E-state index >= 15 is 0 Å². The van der Waals surface area contributed by atoms with Crippen LogP contribution in [0.5, 0.6) is 0 Å². The summed E-state index contributed by atoms with van der Waals surface area (Å²) < 4.78 is 0. The maximum atomic E-state index is 5.33. The minimum absolute atomic E-state index is 0.320. The second-order valence-electron chi connectivity index (χ2n) is 2.46. The van der Waals surface area contributed by atoms with Crippen LogP contribution in [0.15, 0.2) is 12.4 Å². The van der Waals surface area contributed by atoms with Gasteiger partial charge in [0.2, 0.25) is 5.95 Å². The number of hydrogen-bond acceptors (Lipinski definition) is 4.